The van der Waals surface area contributed by atoms with Crippen LogP contribution in [0.2, 0.25) is 0 Å². The summed E-state index contributed by atoms with van der Waals surface area (Å²) in [5.41, 5.74) is 2.92. The minimum absolute atomic E-state index is 0.0249. The molecule has 0 radical (unpaired) electrons. The van der Waals surface area contributed by atoms with Gasteiger partial charge in [-0.05, 0) is 24.6 Å². The Kier molecular flexibility index (Phi) is 3.30. The number of rotatable bonds is 2. The summed E-state index contributed by atoms with van der Waals surface area (Å²) in [5, 5.41) is 19.9. The van der Waals surface area contributed by atoms with E-state index in [1.54, 1.807) is 0 Å². The number of aliphatic carboxylic acids is 2. The van der Waals surface area contributed by atoms with Gasteiger partial charge in [0.1, 0.15) is 6.04 Å². The van der Waals surface area contributed by atoms with Crippen LogP contribution in [0.5, 0.6) is 0 Å². The first-order chi connectivity index (χ1) is 12.3. The van der Waals surface area contributed by atoms with Gasteiger partial charge in [0, 0.05) is 29.9 Å². The number of fused-ring (bicyclic) bond motifs is 5. The van der Waals surface area contributed by atoms with Gasteiger partial charge in [0.15, 0.2) is 0 Å². The number of para-hydroxylation sites is 1. The summed E-state index contributed by atoms with van der Waals surface area (Å²) in [5.74, 6) is -2.89. The van der Waals surface area contributed by atoms with Crippen molar-refractivity contribution in [2.75, 3.05) is 0 Å². The third kappa shape index (κ3) is 1.97. The molecule has 1 amide bonds. The zero-order valence-corrected chi connectivity index (χ0v) is 14.2. The quantitative estimate of drug-likeness (QED) is 0.803. The van der Waals surface area contributed by atoms with Crippen LogP contribution in [0, 0.1) is 0 Å². The van der Waals surface area contributed by atoms with Gasteiger partial charge in [0.2, 0.25) is 0 Å². The van der Waals surface area contributed by atoms with E-state index < -0.39 is 23.9 Å². The highest BCUT2D eigenvalue weighted by molar-refractivity contribution is 6.14. The van der Waals surface area contributed by atoms with Crippen molar-refractivity contribution in [1.82, 2.24) is 9.47 Å². The molecular weight excluding hydrogens is 336 g/mol. The number of carbonyl (C=O) groups excluding carboxylic acids is 1. The lowest BCUT2D eigenvalue weighted by atomic mass is 9.95. The van der Waals surface area contributed by atoms with Crippen molar-refractivity contribution >= 4 is 34.4 Å². The molecule has 2 aliphatic heterocycles. The fourth-order valence-electron chi connectivity index (χ4n) is 3.87. The summed E-state index contributed by atoms with van der Waals surface area (Å²) >= 11 is 0. The van der Waals surface area contributed by atoms with Crippen molar-refractivity contribution in [2.24, 2.45) is 7.05 Å². The predicted octanol–water partition coefficient (Wildman–Crippen LogP) is 1.77. The molecule has 0 bridgehead atoms. The van der Waals surface area contributed by atoms with Crippen LogP contribution in [0.1, 0.15) is 18.2 Å². The summed E-state index contributed by atoms with van der Waals surface area (Å²) in [7, 11) is 1.86. The van der Waals surface area contributed by atoms with E-state index in [9.17, 15) is 24.6 Å². The maximum absolute atomic E-state index is 12.8. The lowest BCUT2D eigenvalue weighted by molar-refractivity contribution is -0.146. The van der Waals surface area contributed by atoms with Crippen molar-refractivity contribution in [3.63, 3.8) is 0 Å². The van der Waals surface area contributed by atoms with Crippen LogP contribution in [0.3, 0.4) is 0 Å². The van der Waals surface area contributed by atoms with E-state index in [1.807, 2.05) is 35.9 Å². The molecule has 7 heteroatoms. The summed E-state index contributed by atoms with van der Waals surface area (Å²) in [4.78, 5) is 37.2. The number of aryl methyl sites for hydroxylation is 1. The Morgan fingerprint density at radius 1 is 1.19 bits per heavy atom. The van der Waals surface area contributed by atoms with E-state index in [1.165, 1.54) is 17.9 Å². The van der Waals surface area contributed by atoms with Crippen LogP contribution >= 0.6 is 0 Å². The Morgan fingerprint density at radius 2 is 1.88 bits per heavy atom. The third-order valence-electron chi connectivity index (χ3n) is 5.16. The maximum atomic E-state index is 12.8. The first-order valence-corrected chi connectivity index (χ1v) is 8.11. The molecule has 1 aromatic carbocycles. The molecular formula is C19H16N2O5. The molecule has 0 saturated heterocycles. The summed E-state index contributed by atoms with van der Waals surface area (Å²) in [6.45, 7) is 1.35. The largest absolute Gasteiger partial charge is 0.480 e. The lowest BCUT2D eigenvalue weighted by Gasteiger charge is -2.32. The van der Waals surface area contributed by atoms with Crippen LogP contribution in [0.15, 0.2) is 41.5 Å². The normalized spacial score (nSPS) is 20.7. The number of hydrogen-bond donors (Lipinski definition) is 2. The van der Waals surface area contributed by atoms with Crippen LogP contribution in [-0.4, -0.2) is 43.6 Å². The first kappa shape index (κ1) is 16.1. The standard InChI is InChI=1S/C19H16N2O5/c1-9(18(23)24)11-7-14-16-12(8-15(19(25)26)21(14)17(11)22)10-5-3-4-6-13(10)20(16)2/h3-7,15H,8H2,1-2H3,(H,23,24)(H,25,26)/b11-9+. The molecule has 3 heterocycles. The Morgan fingerprint density at radius 3 is 2.54 bits per heavy atom. The van der Waals surface area contributed by atoms with E-state index in [0.717, 1.165) is 22.2 Å². The molecule has 0 saturated carbocycles. The molecule has 132 valence electrons. The molecule has 7 nitrogen and oxygen atoms in total. The second-order valence-corrected chi connectivity index (χ2v) is 6.51. The van der Waals surface area contributed by atoms with Gasteiger partial charge in [-0.15, -0.1) is 0 Å². The van der Waals surface area contributed by atoms with Crippen molar-refractivity contribution in [1.29, 1.82) is 0 Å². The molecule has 26 heavy (non-hydrogen) atoms. The van der Waals surface area contributed by atoms with E-state index in [-0.39, 0.29) is 17.6 Å². The number of carboxylic acids is 2. The number of hydrogen-bond acceptors (Lipinski definition) is 3. The van der Waals surface area contributed by atoms with Crippen molar-refractivity contribution in [3.05, 3.63) is 52.7 Å². The Labute approximate surface area is 148 Å². The number of carbonyl (C=O) groups is 3. The van der Waals surface area contributed by atoms with Crippen molar-refractivity contribution in [3.8, 4) is 0 Å². The van der Waals surface area contributed by atoms with Gasteiger partial charge >= 0.3 is 11.9 Å². The second kappa shape index (κ2) is 5.32. The fraction of sp³-hybridized carbons (Fsp3) is 0.211. The smallest absolute Gasteiger partial charge is 0.332 e. The SMILES string of the molecule is C/C(C(=O)O)=C1/C=C2c3c(c4ccccc4n3C)CC(C(=O)O)N2C1=O. The molecule has 0 aliphatic carbocycles. The minimum atomic E-state index is -1.20. The summed E-state index contributed by atoms with van der Waals surface area (Å²) in [6.07, 6.45) is 1.67. The first-order valence-electron chi connectivity index (χ1n) is 8.11. The third-order valence-corrected chi connectivity index (χ3v) is 5.16. The van der Waals surface area contributed by atoms with Gasteiger partial charge in [-0.25, -0.2) is 9.59 Å². The fourth-order valence-corrected chi connectivity index (χ4v) is 3.87. The maximum Gasteiger partial charge on any atom is 0.332 e. The highest BCUT2D eigenvalue weighted by Gasteiger charge is 2.45. The summed E-state index contributed by atoms with van der Waals surface area (Å²) < 4.78 is 1.92. The molecule has 1 atom stereocenters. The van der Waals surface area contributed by atoms with Gasteiger partial charge in [-0.2, -0.15) is 0 Å². The molecule has 1 aromatic heterocycles. The van der Waals surface area contributed by atoms with Crippen LogP contribution in [0.25, 0.3) is 16.6 Å². The van der Waals surface area contributed by atoms with Gasteiger partial charge in [0.05, 0.1) is 17.0 Å². The summed E-state index contributed by atoms with van der Waals surface area (Å²) in [6, 6.07) is 6.59. The molecule has 4 rings (SSSR count). The number of amides is 1. The zero-order chi connectivity index (χ0) is 18.7. The number of carboxylic acid groups (broad SMARTS) is 2. The van der Waals surface area contributed by atoms with E-state index in [2.05, 4.69) is 0 Å². The van der Waals surface area contributed by atoms with Gasteiger partial charge in [-0.3, -0.25) is 9.69 Å². The lowest BCUT2D eigenvalue weighted by Crippen LogP contribution is -2.46. The van der Waals surface area contributed by atoms with Gasteiger partial charge < -0.3 is 14.8 Å². The molecule has 0 fully saturated rings. The average Bonchev–Trinajstić information content (AvgIpc) is 3.10. The zero-order valence-electron chi connectivity index (χ0n) is 14.2. The van der Waals surface area contributed by atoms with E-state index in [4.69, 9.17) is 0 Å². The van der Waals surface area contributed by atoms with E-state index in [0.29, 0.717) is 5.70 Å². The molecule has 1 unspecified atom stereocenters. The Bertz CT molecular complexity index is 1070. The van der Waals surface area contributed by atoms with Crippen LogP contribution < -0.4 is 0 Å². The number of nitrogens with zero attached hydrogens (tertiary/aromatic N) is 2. The topological polar surface area (TPSA) is 99.8 Å². The van der Waals surface area contributed by atoms with Crippen LogP contribution in [-0.2, 0) is 27.9 Å². The molecule has 2 aliphatic rings. The molecule has 2 N–H and O–H groups in total. The molecule has 0 spiro atoms. The van der Waals surface area contributed by atoms with Crippen LogP contribution in [0.4, 0.5) is 0 Å². The number of benzene rings is 1. The number of aromatic nitrogens is 1. The highest BCUT2D eigenvalue weighted by Crippen LogP contribution is 2.43. The van der Waals surface area contributed by atoms with Gasteiger partial charge in [0.25, 0.3) is 5.91 Å². The predicted molar refractivity (Wildman–Crippen MR) is 93.2 cm³/mol. The second-order valence-electron chi connectivity index (χ2n) is 6.51. The monoisotopic (exact) mass is 352 g/mol. The van der Waals surface area contributed by atoms with E-state index >= 15 is 0 Å². The Balaban J connectivity index is 2.05. The highest BCUT2D eigenvalue weighted by atomic mass is 16.4. The van der Waals surface area contributed by atoms with Crippen molar-refractivity contribution in [2.45, 2.75) is 19.4 Å². The minimum Gasteiger partial charge on any atom is -0.480 e. The average molecular weight is 352 g/mol. The van der Waals surface area contributed by atoms with Gasteiger partial charge in [-0.1, -0.05) is 18.2 Å². The Hall–Kier alpha value is -3.35. The molecule has 2 aromatic rings. The van der Waals surface area contributed by atoms with Crippen molar-refractivity contribution < 1.29 is 24.6 Å².